The van der Waals surface area contributed by atoms with Crippen molar-refractivity contribution in [2.75, 3.05) is 9.80 Å². The molecule has 2 aliphatic heterocycles. The zero-order valence-electron chi connectivity index (χ0n) is 55.6. The summed E-state index contributed by atoms with van der Waals surface area (Å²) in [5, 5.41) is 4.95. The number of hydrogen-bond acceptors (Lipinski definition) is 2. The van der Waals surface area contributed by atoms with Crippen LogP contribution >= 0.6 is 0 Å². The van der Waals surface area contributed by atoms with Gasteiger partial charge in [-0.3, -0.25) is 0 Å². The Morgan fingerprint density at radius 3 is 0.968 bits per heavy atom. The van der Waals surface area contributed by atoms with Crippen molar-refractivity contribution in [2.45, 2.75) is 78.6 Å². The maximum Gasteiger partial charge on any atom is 0.252 e. The minimum Gasteiger partial charge on any atom is -0.311 e. The third-order valence-corrected chi connectivity index (χ3v) is 20.3. The molecule has 5 heteroatoms. The van der Waals surface area contributed by atoms with E-state index in [1.54, 1.807) is 0 Å². The lowest BCUT2D eigenvalue weighted by molar-refractivity contribution is 0.590. The Morgan fingerprint density at radius 2 is 0.600 bits per heavy atom. The Balaban J connectivity index is 1.03. The van der Waals surface area contributed by atoms with Crippen LogP contribution in [-0.4, -0.2) is 15.8 Å². The molecule has 15 aromatic rings. The summed E-state index contributed by atoms with van der Waals surface area (Å²) >= 11 is 0. The topological polar surface area (TPSA) is 16.3 Å². The van der Waals surface area contributed by atoms with E-state index in [0.29, 0.717) is 0 Å². The van der Waals surface area contributed by atoms with E-state index in [4.69, 9.17) is 0 Å². The molecule has 0 unspecified atom stereocenters. The molecule has 0 fully saturated rings. The lowest BCUT2D eigenvalue weighted by atomic mass is 9.33. The van der Waals surface area contributed by atoms with Gasteiger partial charge in [0.25, 0.3) is 6.71 Å². The second-order valence-corrected chi connectivity index (χ2v) is 29.3. The molecule has 4 nitrogen and oxygen atoms in total. The fraction of sp³-hybridized carbons (Fsp3) is 0.133. The van der Waals surface area contributed by atoms with Gasteiger partial charge in [-0.05, 0) is 156 Å². The molecule has 17 rings (SSSR count). The van der Waals surface area contributed by atoms with Gasteiger partial charge in [0.1, 0.15) is 0 Å². The zero-order valence-corrected chi connectivity index (χ0v) is 55.6. The van der Waals surface area contributed by atoms with Crippen LogP contribution in [0.2, 0.25) is 0 Å². The van der Waals surface area contributed by atoms with Crippen LogP contribution in [0.3, 0.4) is 0 Å². The van der Waals surface area contributed by atoms with Crippen LogP contribution in [0, 0.1) is 0 Å². The summed E-state index contributed by atoms with van der Waals surface area (Å²) in [7, 11) is 0. The van der Waals surface area contributed by atoms with Gasteiger partial charge in [0.2, 0.25) is 0 Å². The lowest BCUT2D eigenvalue weighted by Gasteiger charge is -2.46. The second kappa shape index (κ2) is 21.9. The fourth-order valence-corrected chi connectivity index (χ4v) is 15.9. The number of benzene rings is 13. The summed E-state index contributed by atoms with van der Waals surface area (Å²) in [5.74, 6) is 0. The van der Waals surface area contributed by atoms with E-state index < -0.39 is 0 Å². The van der Waals surface area contributed by atoms with Gasteiger partial charge in [-0.15, -0.1) is 0 Å². The summed E-state index contributed by atoms with van der Waals surface area (Å²) in [4.78, 5) is 5.37. The smallest absolute Gasteiger partial charge is 0.252 e. The van der Waals surface area contributed by atoms with E-state index in [0.717, 1.165) is 56.4 Å². The molecule has 0 amide bonds. The van der Waals surface area contributed by atoms with E-state index in [2.05, 4.69) is 372 Å². The van der Waals surface area contributed by atoms with E-state index in [1.807, 2.05) is 0 Å². The average molecular weight is 1220 g/mol. The Morgan fingerprint density at radius 1 is 0.253 bits per heavy atom. The molecule has 13 aromatic carbocycles. The predicted octanol–water partition coefficient (Wildman–Crippen LogP) is 22.5. The maximum atomic E-state index is 2.69. The molecule has 0 radical (unpaired) electrons. The first-order valence-electron chi connectivity index (χ1n) is 33.7. The van der Waals surface area contributed by atoms with Gasteiger partial charge in [-0.1, -0.05) is 281 Å². The van der Waals surface area contributed by atoms with E-state index in [-0.39, 0.29) is 23.0 Å². The van der Waals surface area contributed by atoms with Gasteiger partial charge < -0.3 is 18.9 Å². The fourth-order valence-electron chi connectivity index (χ4n) is 15.9. The molecule has 2 aromatic heterocycles. The van der Waals surface area contributed by atoms with Crippen LogP contribution in [0.1, 0.15) is 79.0 Å². The zero-order chi connectivity index (χ0) is 64.6. The van der Waals surface area contributed by atoms with E-state index >= 15 is 0 Å². The standard InChI is InChI=1S/C90H75BN4/c1-88(2,3)62-54-85-87-86(55-62)95(82-53-61(45-49-68(82)59-30-14-11-15-31-59)66-33-17-23-39-74(66)90(7,8)9)84-57-64(93-79-42-26-20-36-71(79)72-37-21-27-43-80(72)93)47-51-76(84)91(87)75-50-46-63(92-77-40-24-18-34-69(77)70-35-19-25-41-78(70)92)56-83(75)94(85)81-52-60(44-48-67(81)58-28-12-10-13-29-58)65-32-16-22-38-73(65)89(4,5)6/h10-57H,1-9H3. The first-order chi connectivity index (χ1) is 46.1. The van der Waals surface area contributed by atoms with Gasteiger partial charge >= 0.3 is 0 Å². The molecule has 0 spiro atoms. The Hall–Kier alpha value is -10.9. The highest BCUT2D eigenvalue weighted by Crippen LogP contribution is 2.53. The van der Waals surface area contributed by atoms with Crippen molar-refractivity contribution >= 4 is 101 Å². The SMILES string of the molecule is CC(C)(C)c1cc2c3c(c1)N(c1cc(-c4ccccc4C(C)(C)C)ccc1-c1ccccc1)c1cc(-n4c5ccccc5c5ccccc54)ccc1B3c1ccc(-n3c4ccccc4c4ccccc43)cc1N2c1cc(-c2ccccc2C(C)(C)C)ccc1-c1ccccc1. The minimum absolute atomic E-state index is 0.111. The summed E-state index contributed by atoms with van der Waals surface area (Å²) in [6.07, 6.45) is 0. The molecule has 458 valence electrons. The van der Waals surface area contributed by atoms with Crippen molar-refractivity contribution in [3.8, 4) is 55.9 Å². The summed E-state index contributed by atoms with van der Waals surface area (Å²) in [6.45, 7) is 21.0. The van der Waals surface area contributed by atoms with Gasteiger partial charge in [-0.2, -0.15) is 0 Å². The first-order valence-corrected chi connectivity index (χ1v) is 33.7. The Labute approximate surface area is 558 Å². The number of nitrogens with zero attached hydrogens (tertiary/aromatic N) is 4. The number of fused-ring (bicyclic) bond motifs is 10. The van der Waals surface area contributed by atoms with Gasteiger partial charge in [-0.25, -0.2) is 0 Å². The largest absolute Gasteiger partial charge is 0.311 e. The quantitative estimate of drug-likeness (QED) is 0.141. The van der Waals surface area contributed by atoms with Crippen molar-refractivity contribution in [1.82, 2.24) is 9.13 Å². The second-order valence-electron chi connectivity index (χ2n) is 29.3. The summed E-state index contributed by atoms with van der Waals surface area (Å²) < 4.78 is 4.99. The third kappa shape index (κ3) is 9.41. The number of anilines is 6. The predicted molar refractivity (Wildman–Crippen MR) is 407 cm³/mol. The third-order valence-electron chi connectivity index (χ3n) is 20.3. The molecule has 95 heavy (non-hydrogen) atoms. The normalized spacial score (nSPS) is 13.0. The molecule has 0 bridgehead atoms. The van der Waals surface area contributed by atoms with Crippen LogP contribution < -0.4 is 26.2 Å². The summed E-state index contributed by atoms with van der Waals surface area (Å²) in [6, 6.07) is 110. The van der Waals surface area contributed by atoms with E-state index in [1.165, 1.54) is 110 Å². The lowest BCUT2D eigenvalue weighted by Crippen LogP contribution is -2.61. The number of para-hydroxylation sites is 4. The van der Waals surface area contributed by atoms with Crippen LogP contribution in [0.15, 0.2) is 291 Å². The van der Waals surface area contributed by atoms with Crippen molar-refractivity contribution in [1.29, 1.82) is 0 Å². The van der Waals surface area contributed by atoms with Crippen LogP contribution in [0.5, 0.6) is 0 Å². The van der Waals surface area contributed by atoms with Crippen molar-refractivity contribution in [2.24, 2.45) is 0 Å². The van der Waals surface area contributed by atoms with Gasteiger partial charge in [0.05, 0.1) is 33.4 Å². The van der Waals surface area contributed by atoms with Crippen LogP contribution in [-0.2, 0) is 16.2 Å². The minimum atomic E-state index is -0.292. The highest BCUT2D eigenvalue weighted by molar-refractivity contribution is 7.00. The molecular formula is C90H75BN4. The summed E-state index contributed by atoms with van der Waals surface area (Å²) in [5.41, 5.74) is 30.4. The Kier molecular flexibility index (Phi) is 13.3. The van der Waals surface area contributed by atoms with Gasteiger partial charge in [0, 0.05) is 66.8 Å². The van der Waals surface area contributed by atoms with Gasteiger partial charge in [0.15, 0.2) is 0 Å². The number of rotatable bonds is 8. The van der Waals surface area contributed by atoms with Crippen molar-refractivity contribution in [3.63, 3.8) is 0 Å². The molecule has 0 aliphatic carbocycles. The molecular weight excluding hydrogens is 1150 g/mol. The van der Waals surface area contributed by atoms with Crippen molar-refractivity contribution in [3.05, 3.63) is 308 Å². The monoisotopic (exact) mass is 1220 g/mol. The van der Waals surface area contributed by atoms with Crippen molar-refractivity contribution < 1.29 is 0 Å². The molecule has 0 saturated carbocycles. The number of aromatic nitrogens is 2. The van der Waals surface area contributed by atoms with Crippen LogP contribution in [0.4, 0.5) is 34.1 Å². The molecule has 0 N–H and O–H groups in total. The molecule has 4 heterocycles. The first kappa shape index (κ1) is 58.0. The molecule has 0 atom stereocenters. The molecule has 2 aliphatic rings. The average Bonchev–Trinajstić information content (AvgIpc) is 1.20. The van der Waals surface area contributed by atoms with Crippen LogP contribution in [0.25, 0.3) is 99.5 Å². The number of hydrogen-bond donors (Lipinski definition) is 0. The maximum absolute atomic E-state index is 2.69. The highest BCUT2D eigenvalue weighted by atomic mass is 15.2. The molecule has 0 saturated heterocycles. The highest BCUT2D eigenvalue weighted by Gasteiger charge is 2.46. The Bertz CT molecular complexity index is 5130. The van der Waals surface area contributed by atoms with E-state index in [9.17, 15) is 0 Å².